The molecule has 0 aliphatic heterocycles. The average molecular weight is 345 g/mol. The molecule has 0 spiro atoms. The molecule has 1 aromatic heterocycles. The summed E-state index contributed by atoms with van der Waals surface area (Å²) in [5.41, 5.74) is 0.328. The summed E-state index contributed by atoms with van der Waals surface area (Å²) in [6, 6.07) is 3.22. The van der Waals surface area contributed by atoms with Crippen LogP contribution in [-0.4, -0.2) is 37.6 Å². The number of aromatic nitrogens is 1. The fraction of sp³-hybridized carbons (Fsp3) is 0.389. The first-order valence-electron chi connectivity index (χ1n) is 8.03. The summed E-state index contributed by atoms with van der Waals surface area (Å²) in [7, 11) is 2.94. The van der Waals surface area contributed by atoms with Crippen LogP contribution in [0.3, 0.4) is 0 Å². The van der Waals surface area contributed by atoms with Crippen molar-refractivity contribution >= 4 is 22.7 Å². The number of carbonyl (C=O) groups is 2. The van der Waals surface area contributed by atoms with Crippen molar-refractivity contribution in [3.8, 4) is 11.5 Å². The summed E-state index contributed by atoms with van der Waals surface area (Å²) in [6.45, 7) is 1.95. The number of methoxy groups -OCH3 is 2. The summed E-state index contributed by atoms with van der Waals surface area (Å²) >= 11 is 0. The molecule has 1 atom stereocenters. The van der Waals surface area contributed by atoms with Crippen LogP contribution in [0.5, 0.6) is 11.5 Å². The van der Waals surface area contributed by atoms with Gasteiger partial charge in [-0.2, -0.15) is 0 Å². The number of aromatic amines is 1. The van der Waals surface area contributed by atoms with Crippen molar-refractivity contribution in [1.82, 2.24) is 4.98 Å². The van der Waals surface area contributed by atoms with Gasteiger partial charge in [0.25, 0.3) is 0 Å². The van der Waals surface area contributed by atoms with E-state index in [1.54, 1.807) is 19.1 Å². The smallest absolute Gasteiger partial charge is 0.314 e. The zero-order chi connectivity index (χ0) is 18.1. The number of Topliss-reactive ketones (excluding diaryl/α,β-unsaturated/α-hetero) is 1. The van der Waals surface area contributed by atoms with Crippen molar-refractivity contribution in [2.24, 2.45) is 0 Å². The maximum atomic E-state index is 13.0. The number of hydrogen-bond acceptors (Lipinski definition) is 6. The van der Waals surface area contributed by atoms with E-state index in [0.29, 0.717) is 29.1 Å². The number of H-pyrrole nitrogens is 1. The number of rotatable bonds is 4. The van der Waals surface area contributed by atoms with Crippen molar-refractivity contribution < 1.29 is 23.8 Å². The molecule has 0 saturated heterocycles. The minimum atomic E-state index is -0.665. The van der Waals surface area contributed by atoms with Gasteiger partial charge in [0.1, 0.15) is 11.5 Å². The van der Waals surface area contributed by atoms with Crippen LogP contribution in [0.1, 0.15) is 41.7 Å². The van der Waals surface area contributed by atoms with Gasteiger partial charge >= 0.3 is 5.97 Å². The zero-order valence-corrected chi connectivity index (χ0v) is 14.3. The van der Waals surface area contributed by atoms with E-state index in [2.05, 4.69) is 4.98 Å². The van der Waals surface area contributed by atoms with Crippen molar-refractivity contribution in [3.05, 3.63) is 33.6 Å². The number of ether oxygens (including phenoxy) is 3. The maximum Gasteiger partial charge on any atom is 0.314 e. The highest BCUT2D eigenvalue weighted by Gasteiger charge is 2.35. The van der Waals surface area contributed by atoms with Gasteiger partial charge in [0.05, 0.1) is 43.2 Å². The molecule has 7 nitrogen and oxygen atoms in total. The van der Waals surface area contributed by atoms with E-state index in [1.165, 1.54) is 14.2 Å². The predicted octanol–water partition coefficient (Wildman–Crippen LogP) is 2.17. The number of hydrogen-bond donors (Lipinski definition) is 1. The molecule has 1 aromatic carbocycles. The topological polar surface area (TPSA) is 94.7 Å². The van der Waals surface area contributed by atoms with Crippen molar-refractivity contribution in [3.63, 3.8) is 0 Å². The molecule has 2 aromatic rings. The van der Waals surface area contributed by atoms with Crippen LogP contribution >= 0.6 is 0 Å². The van der Waals surface area contributed by atoms with Gasteiger partial charge in [-0.1, -0.05) is 0 Å². The van der Waals surface area contributed by atoms with E-state index in [0.717, 1.165) is 0 Å². The minimum Gasteiger partial charge on any atom is -0.497 e. The van der Waals surface area contributed by atoms with E-state index in [1.807, 2.05) is 0 Å². The van der Waals surface area contributed by atoms with Gasteiger partial charge in [0.2, 0.25) is 5.43 Å². The number of benzene rings is 1. The third kappa shape index (κ3) is 2.75. The maximum absolute atomic E-state index is 13.0. The summed E-state index contributed by atoms with van der Waals surface area (Å²) in [5, 5.41) is 0.264. The van der Waals surface area contributed by atoms with Gasteiger partial charge < -0.3 is 19.2 Å². The van der Waals surface area contributed by atoms with Crippen LogP contribution in [0, 0.1) is 0 Å². The number of ketones is 1. The summed E-state index contributed by atoms with van der Waals surface area (Å²) in [6.07, 6.45) is 0.441. The second kappa shape index (κ2) is 6.58. The molecule has 1 heterocycles. The van der Waals surface area contributed by atoms with Crippen LogP contribution in [0.4, 0.5) is 0 Å². The average Bonchev–Trinajstić information content (AvgIpc) is 2.60. The molecule has 1 aliphatic carbocycles. The largest absolute Gasteiger partial charge is 0.497 e. The molecular weight excluding hydrogens is 326 g/mol. The molecule has 0 saturated carbocycles. The lowest BCUT2D eigenvalue weighted by atomic mass is 9.84. The molecule has 0 radical (unpaired) electrons. The lowest BCUT2D eigenvalue weighted by Gasteiger charge is -2.23. The van der Waals surface area contributed by atoms with E-state index in [9.17, 15) is 14.4 Å². The fourth-order valence-corrected chi connectivity index (χ4v) is 3.22. The number of nitrogens with one attached hydrogen (secondary N) is 1. The van der Waals surface area contributed by atoms with Crippen LogP contribution in [0.15, 0.2) is 16.9 Å². The molecule has 7 heteroatoms. The Hall–Kier alpha value is -2.83. The predicted molar refractivity (Wildman–Crippen MR) is 90.6 cm³/mol. The van der Waals surface area contributed by atoms with Crippen LogP contribution < -0.4 is 14.9 Å². The summed E-state index contributed by atoms with van der Waals surface area (Å²) < 4.78 is 15.6. The highest BCUT2D eigenvalue weighted by atomic mass is 16.5. The highest BCUT2D eigenvalue weighted by Crippen LogP contribution is 2.34. The quantitative estimate of drug-likeness (QED) is 0.854. The first kappa shape index (κ1) is 17.0. The number of carbonyl (C=O) groups excluding carboxylic acids is 2. The van der Waals surface area contributed by atoms with Gasteiger partial charge in [-0.3, -0.25) is 14.4 Å². The van der Waals surface area contributed by atoms with E-state index in [-0.39, 0.29) is 29.8 Å². The third-order valence-electron chi connectivity index (χ3n) is 4.38. The molecule has 132 valence electrons. The van der Waals surface area contributed by atoms with Gasteiger partial charge in [0, 0.05) is 24.2 Å². The Balaban J connectivity index is 2.32. The van der Waals surface area contributed by atoms with Crippen LogP contribution in [0.25, 0.3) is 10.9 Å². The highest BCUT2D eigenvalue weighted by molar-refractivity contribution is 6.04. The Morgan fingerprint density at radius 1 is 1.24 bits per heavy atom. The SMILES string of the molecule is CCOC(=O)C1CCC(=O)c2c1[nH]c1cc(OC)cc(OC)c1c2=O. The van der Waals surface area contributed by atoms with Crippen molar-refractivity contribution in [2.45, 2.75) is 25.7 Å². The lowest BCUT2D eigenvalue weighted by Crippen LogP contribution is -2.30. The van der Waals surface area contributed by atoms with Gasteiger partial charge in [-0.15, -0.1) is 0 Å². The van der Waals surface area contributed by atoms with Crippen molar-refractivity contribution in [1.29, 1.82) is 0 Å². The fourth-order valence-electron chi connectivity index (χ4n) is 3.22. The lowest BCUT2D eigenvalue weighted by molar-refractivity contribution is -0.145. The van der Waals surface area contributed by atoms with E-state index >= 15 is 0 Å². The molecule has 25 heavy (non-hydrogen) atoms. The van der Waals surface area contributed by atoms with Crippen LogP contribution in [0.2, 0.25) is 0 Å². The van der Waals surface area contributed by atoms with E-state index < -0.39 is 17.3 Å². The van der Waals surface area contributed by atoms with Gasteiger partial charge in [0.15, 0.2) is 5.78 Å². The molecule has 0 fully saturated rings. The Morgan fingerprint density at radius 2 is 2.00 bits per heavy atom. The standard InChI is InChI=1S/C18H19NO6/c1-4-25-18(22)10-5-6-12(20)15-16(10)19-11-7-9(23-2)8-13(24-3)14(11)17(15)21/h7-8,10H,4-6H2,1-3H3,(H,19,21). The Labute approximate surface area is 143 Å². The Kier molecular flexibility index (Phi) is 4.48. The monoisotopic (exact) mass is 345 g/mol. The molecular formula is C18H19NO6. The summed E-state index contributed by atoms with van der Waals surface area (Å²) in [5.74, 6) is -0.584. The second-order valence-corrected chi connectivity index (χ2v) is 5.76. The summed E-state index contributed by atoms with van der Waals surface area (Å²) in [4.78, 5) is 40.7. The van der Waals surface area contributed by atoms with E-state index in [4.69, 9.17) is 14.2 Å². The first-order chi connectivity index (χ1) is 12.0. The normalized spacial score (nSPS) is 16.4. The van der Waals surface area contributed by atoms with Crippen molar-refractivity contribution in [2.75, 3.05) is 20.8 Å². The molecule has 3 rings (SSSR count). The molecule has 1 aliphatic rings. The van der Waals surface area contributed by atoms with Crippen LogP contribution in [-0.2, 0) is 9.53 Å². The zero-order valence-electron chi connectivity index (χ0n) is 14.3. The van der Waals surface area contributed by atoms with Gasteiger partial charge in [-0.05, 0) is 13.3 Å². The molecule has 0 amide bonds. The Bertz CT molecular complexity index is 914. The molecule has 1 unspecified atom stereocenters. The Morgan fingerprint density at radius 3 is 2.64 bits per heavy atom. The number of pyridine rings is 1. The first-order valence-corrected chi connectivity index (χ1v) is 8.03. The minimum absolute atomic E-state index is 0.0141. The number of esters is 1. The number of fused-ring (bicyclic) bond motifs is 2. The molecule has 0 bridgehead atoms. The van der Waals surface area contributed by atoms with Gasteiger partial charge in [-0.25, -0.2) is 0 Å². The third-order valence-corrected chi connectivity index (χ3v) is 4.38. The molecule has 1 N–H and O–H groups in total. The second-order valence-electron chi connectivity index (χ2n) is 5.76.